The number of aryl methyl sites for hydroxylation is 1. The highest BCUT2D eigenvalue weighted by atomic mass is 79.9. The molecule has 1 aromatic carbocycles. The second-order valence-corrected chi connectivity index (χ2v) is 6.48. The van der Waals surface area contributed by atoms with Crippen LogP contribution in [0.3, 0.4) is 0 Å². The molecule has 1 unspecified atom stereocenters. The molecule has 1 fully saturated rings. The van der Waals surface area contributed by atoms with Gasteiger partial charge in [0.25, 0.3) is 0 Å². The van der Waals surface area contributed by atoms with Crippen molar-refractivity contribution >= 4 is 15.9 Å². The van der Waals surface area contributed by atoms with Crippen molar-refractivity contribution < 1.29 is 4.39 Å². The van der Waals surface area contributed by atoms with E-state index in [9.17, 15) is 4.39 Å². The molecule has 0 aromatic heterocycles. The molecule has 1 aliphatic rings. The number of hydrogen-bond acceptors (Lipinski definition) is 1. The molecule has 0 spiro atoms. The topological polar surface area (TPSA) is 12.0 Å². The van der Waals surface area contributed by atoms with Crippen LogP contribution in [0.25, 0.3) is 0 Å². The van der Waals surface area contributed by atoms with E-state index in [1.54, 1.807) is 6.07 Å². The Kier molecular flexibility index (Phi) is 5.83. The molecular weight excluding hydrogens is 305 g/mol. The lowest BCUT2D eigenvalue weighted by Crippen LogP contribution is -2.31. The second kappa shape index (κ2) is 7.39. The van der Waals surface area contributed by atoms with E-state index in [0.717, 1.165) is 35.3 Å². The van der Waals surface area contributed by atoms with Crippen LogP contribution in [0.2, 0.25) is 0 Å². The number of nitrogens with one attached hydrogen (secondary N) is 1. The van der Waals surface area contributed by atoms with Gasteiger partial charge in [-0.1, -0.05) is 22.9 Å². The van der Waals surface area contributed by atoms with Gasteiger partial charge in [-0.05, 0) is 74.8 Å². The number of rotatable bonds is 8. The Hall–Kier alpha value is -0.410. The standard InChI is InChI=1S/C16H23BrFN/c1-2-8-19-16(13-6-7-13)5-3-4-12-9-14(17)11-15(18)10-12/h9-11,13,16,19H,2-8H2,1H3. The van der Waals surface area contributed by atoms with Crippen LogP contribution < -0.4 is 5.32 Å². The van der Waals surface area contributed by atoms with Crippen molar-refractivity contribution in [1.29, 1.82) is 0 Å². The molecule has 3 heteroatoms. The first-order chi connectivity index (χ1) is 9.19. The number of halogens is 2. The molecule has 1 saturated carbocycles. The van der Waals surface area contributed by atoms with Gasteiger partial charge in [0.1, 0.15) is 5.82 Å². The minimum absolute atomic E-state index is 0.146. The molecule has 0 amide bonds. The molecule has 0 radical (unpaired) electrons. The van der Waals surface area contributed by atoms with Gasteiger partial charge in [0.05, 0.1) is 0 Å². The zero-order chi connectivity index (χ0) is 13.7. The fraction of sp³-hybridized carbons (Fsp3) is 0.625. The highest BCUT2D eigenvalue weighted by Crippen LogP contribution is 2.34. The summed E-state index contributed by atoms with van der Waals surface area (Å²) in [5, 5.41) is 3.66. The maximum atomic E-state index is 13.3. The Morgan fingerprint density at radius 2 is 2.16 bits per heavy atom. The zero-order valence-electron chi connectivity index (χ0n) is 11.6. The monoisotopic (exact) mass is 327 g/mol. The lowest BCUT2D eigenvalue weighted by Gasteiger charge is -2.17. The molecule has 2 rings (SSSR count). The Labute approximate surface area is 124 Å². The van der Waals surface area contributed by atoms with Crippen molar-refractivity contribution in [2.45, 2.75) is 51.5 Å². The molecule has 1 aliphatic carbocycles. The van der Waals surface area contributed by atoms with Crippen LogP contribution in [-0.2, 0) is 6.42 Å². The maximum absolute atomic E-state index is 13.3. The predicted molar refractivity (Wildman–Crippen MR) is 81.8 cm³/mol. The average molecular weight is 328 g/mol. The summed E-state index contributed by atoms with van der Waals surface area (Å²) in [5.41, 5.74) is 1.09. The third-order valence-electron chi connectivity index (χ3n) is 3.75. The Morgan fingerprint density at radius 3 is 2.79 bits per heavy atom. The predicted octanol–water partition coefficient (Wildman–Crippen LogP) is 4.69. The molecule has 1 atom stereocenters. The lowest BCUT2D eigenvalue weighted by molar-refractivity contribution is 0.425. The molecule has 0 bridgehead atoms. The van der Waals surface area contributed by atoms with Gasteiger partial charge in [0.2, 0.25) is 0 Å². The fourth-order valence-corrected chi connectivity index (χ4v) is 3.13. The Morgan fingerprint density at radius 1 is 1.37 bits per heavy atom. The molecule has 106 valence electrons. The molecule has 19 heavy (non-hydrogen) atoms. The van der Waals surface area contributed by atoms with Crippen LogP contribution in [-0.4, -0.2) is 12.6 Å². The van der Waals surface area contributed by atoms with Crippen LogP contribution in [0.4, 0.5) is 4.39 Å². The SMILES string of the molecule is CCCNC(CCCc1cc(F)cc(Br)c1)C1CC1. The van der Waals surface area contributed by atoms with Crippen LogP contribution in [0.1, 0.15) is 44.6 Å². The summed E-state index contributed by atoms with van der Waals surface area (Å²) in [6.45, 7) is 3.33. The minimum atomic E-state index is -0.146. The summed E-state index contributed by atoms with van der Waals surface area (Å²) in [5.74, 6) is 0.748. The number of hydrogen-bond donors (Lipinski definition) is 1. The fourth-order valence-electron chi connectivity index (χ4n) is 2.61. The second-order valence-electron chi connectivity index (χ2n) is 5.57. The van der Waals surface area contributed by atoms with E-state index in [1.165, 1.54) is 31.7 Å². The largest absolute Gasteiger partial charge is 0.314 e. The Balaban J connectivity index is 1.77. The molecule has 0 heterocycles. The van der Waals surface area contributed by atoms with Gasteiger partial charge in [-0.15, -0.1) is 0 Å². The molecular formula is C16H23BrFN. The van der Waals surface area contributed by atoms with E-state index in [-0.39, 0.29) is 5.82 Å². The van der Waals surface area contributed by atoms with Crippen molar-refractivity contribution in [2.75, 3.05) is 6.54 Å². The Bertz CT molecular complexity index is 383. The van der Waals surface area contributed by atoms with E-state index in [2.05, 4.69) is 28.2 Å². The van der Waals surface area contributed by atoms with Gasteiger partial charge < -0.3 is 5.32 Å². The van der Waals surface area contributed by atoms with Crippen LogP contribution in [0, 0.1) is 11.7 Å². The van der Waals surface area contributed by atoms with Crippen molar-refractivity contribution in [1.82, 2.24) is 5.32 Å². The summed E-state index contributed by atoms with van der Waals surface area (Å²) in [6, 6.07) is 5.86. The normalized spacial score (nSPS) is 16.6. The van der Waals surface area contributed by atoms with Crippen molar-refractivity contribution in [2.24, 2.45) is 5.92 Å². The van der Waals surface area contributed by atoms with E-state index in [1.807, 2.05) is 6.07 Å². The molecule has 1 nitrogen and oxygen atoms in total. The van der Waals surface area contributed by atoms with Gasteiger partial charge in [-0.2, -0.15) is 0 Å². The molecule has 0 saturated heterocycles. The maximum Gasteiger partial charge on any atom is 0.124 e. The van der Waals surface area contributed by atoms with Crippen molar-refractivity contribution in [3.05, 3.63) is 34.1 Å². The third-order valence-corrected chi connectivity index (χ3v) is 4.21. The number of benzene rings is 1. The minimum Gasteiger partial charge on any atom is -0.314 e. The first kappa shape index (κ1) is 15.0. The average Bonchev–Trinajstić information content (AvgIpc) is 3.16. The third kappa shape index (κ3) is 5.23. The quantitative estimate of drug-likeness (QED) is 0.730. The summed E-state index contributed by atoms with van der Waals surface area (Å²) >= 11 is 3.35. The molecule has 1 N–H and O–H groups in total. The van der Waals surface area contributed by atoms with Gasteiger partial charge in [0.15, 0.2) is 0 Å². The van der Waals surface area contributed by atoms with E-state index in [0.29, 0.717) is 6.04 Å². The zero-order valence-corrected chi connectivity index (χ0v) is 13.2. The first-order valence-corrected chi connectivity index (χ1v) is 8.16. The molecule has 0 aliphatic heterocycles. The summed E-state index contributed by atoms with van der Waals surface area (Å²) in [4.78, 5) is 0. The van der Waals surface area contributed by atoms with Gasteiger partial charge in [-0.25, -0.2) is 4.39 Å². The van der Waals surface area contributed by atoms with E-state index >= 15 is 0 Å². The van der Waals surface area contributed by atoms with E-state index < -0.39 is 0 Å². The van der Waals surface area contributed by atoms with Crippen LogP contribution in [0.15, 0.2) is 22.7 Å². The summed E-state index contributed by atoms with van der Waals surface area (Å²) in [6.07, 6.45) is 7.26. The van der Waals surface area contributed by atoms with Crippen LogP contribution in [0.5, 0.6) is 0 Å². The van der Waals surface area contributed by atoms with Crippen molar-refractivity contribution in [3.63, 3.8) is 0 Å². The lowest BCUT2D eigenvalue weighted by atomic mass is 10.0. The first-order valence-electron chi connectivity index (χ1n) is 7.37. The highest BCUT2D eigenvalue weighted by molar-refractivity contribution is 9.10. The molecule has 1 aromatic rings. The van der Waals surface area contributed by atoms with Gasteiger partial charge >= 0.3 is 0 Å². The van der Waals surface area contributed by atoms with Crippen molar-refractivity contribution in [3.8, 4) is 0 Å². The summed E-state index contributed by atoms with van der Waals surface area (Å²) in [7, 11) is 0. The van der Waals surface area contributed by atoms with Crippen LogP contribution >= 0.6 is 15.9 Å². The van der Waals surface area contributed by atoms with E-state index in [4.69, 9.17) is 0 Å². The summed E-state index contributed by atoms with van der Waals surface area (Å²) < 4.78 is 14.1. The smallest absolute Gasteiger partial charge is 0.124 e. The highest BCUT2D eigenvalue weighted by Gasteiger charge is 2.29. The van der Waals surface area contributed by atoms with Gasteiger partial charge in [0, 0.05) is 10.5 Å². The van der Waals surface area contributed by atoms with Gasteiger partial charge in [-0.3, -0.25) is 0 Å².